The van der Waals surface area contributed by atoms with Crippen molar-refractivity contribution < 1.29 is 4.79 Å². The van der Waals surface area contributed by atoms with Crippen molar-refractivity contribution in [3.05, 3.63) is 34.4 Å². The number of pyridine rings is 1. The molecule has 3 fully saturated rings. The van der Waals surface area contributed by atoms with Crippen LogP contribution in [0.15, 0.2) is 24.4 Å². The van der Waals surface area contributed by atoms with Crippen molar-refractivity contribution in [3.8, 4) is 0 Å². The molecule has 3 aliphatic rings. The lowest BCUT2D eigenvalue weighted by molar-refractivity contribution is -0.0140. The minimum absolute atomic E-state index is 0.148. The summed E-state index contributed by atoms with van der Waals surface area (Å²) in [5.74, 6) is 1.19. The number of urea groups is 1. The van der Waals surface area contributed by atoms with E-state index in [0.717, 1.165) is 17.3 Å². The predicted octanol–water partition coefficient (Wildman–Crippen LogP) is 4.40. The first kappa shape index (κ1) is 17.8. The predicted molar refractivity (Wildman–Crippen MR) is 106 cm³/mol. The van der Waals surface area contributed by atoms with Crippen LogP contribution in [0.4, 0.5) is 10.6 Å². The fourth-order valence-electron chi connectivity index (χ4n) is 4.28. The Morgan fingerprint density at radius 2 is 1.92 bits per heavy atom. The highest BCUT2D eigenvalue weighted by atomic mass is 35.5. The second kappa shape index (κ2) is 6.87. The van der Waals surface area contributed by atoms with Gasteiger partial charge >= 0.3 is 6.03 Å². The number of piperidine rings is 3. The Morgan fingerprint density at radius 3 is 2.58 bits per heavy atom. The molecule has 2 N–H and O–H groups in total. The second-order valence-electron chi connectivity index (χ2n) is 7.70. The Morgan fingerprint density at radius 1 is 1.23 bits per heavy atom. The Balaban J connectivity index is 1.40. The van der Waals surface area contributed by atoms with E-state index in [0.29, 0.717) is 28.3 Å². The quantitative estimate of drug-likeness (QED) is 0.813. The second-order valence-corrected chi connectivity index (χ2v) is 8.51. The van der Waals surface area contributed by atoms with E-state index in [1.807, 2.05) is 0 Å². The zero-order valence-corrected chi connectivity index (χ0v) is 16.2. The third-order valence-electron chi connectivity index (χ3n) is 5.81. The SMILES string of the molecule is C[C@@]1(CNC(=O)Nc2cc3cc(Cl)c(Cl)cc3cn2)CN2CCC1CC2. The normalized spacial score (nSPS) is 27.5. The van der Waals surface area contributed by atoms with E-state index < -0.39 is 0 Å². The van der Waals surface area contributed by atoms with E-state index in [4.69, 9.17) is 23.2 Å². The number of benzene rings is 1. The lowest BCUT2D eigenvalue weighted by Gasteiger charge is -2.51. The van der Waals surface area contributed by atoms with Crippen molar-refractivity contribution in [3.63, 3.8) is 0 Å². The Kier molecular flexibility index (Phi) is 4.71. The molecule has 0 aliphatic carbocycles. The summed E-state index contributed by atoms with van der Waals surface area (Å²) in [6, 6.07) is 5.12. The number of hydrogen-bond acceptors (Lipinski definition) is 3. The standard InChI is InChI=1S/C19H22Cl2N4O/c1-19(11-25-4-2-14(19)3-5-25)10-23-18(26)24-17-8-12-6-15(20)16(21)7-13(12)9-22-17/h6-9,14H,2-5,10-11H2,1H3,(H2,22,23,24,26)/t19-/m1/s1. The molecule has 1 atom stereocenters. The maximum Gasteiger partial charge on any atom is 0.320 e. The van der Waals surface area contributed by atoms with Gasteiger partial charge in [0.1, 0.15) is 5.82 Å². The molecule has 2 aromatic rings. The van der Waals surface area contributed by atoms with Crippen molar-refractivity contribution in [2.45, 2.75) is 19.8 Å². The van der Waals surface area contributed by atoms with Crippen molar-refractivity contribution >= 4 is 45.8 Å². The van der Waals surface area contributed by atoms with E-state index in [9.17, 15) is 4.79 Å². The van der Waals surface area contributed by atoms with Crippen molar-refractivity contribution in [1.29, 1.82) is 0 Å². The summed E-state index contributed by atoms with van der Waals surface area (Å²) >= 11 is 12.1. The number of anilines is 1. The fourth-order valence-corrected chi connectivity index (χ4v) is 4.62. The Labute approximate surface area is 163 Å². The molecular weight excluding hydrogens is 371 g/mol. The number of carbonyl (C=O) groups is 1. The monoisotopic (exact) mass is 392 g/mol. The smallest absolute Gasteiger partial charge is 0.320 e. The zero-order chi connectivity index (χ0) is 18.3. The highest BCUT2D eigenvalue weighted by Gasteiger charge is 2.43. The molecule has 1 aromatic carbocycles. The van der Waals surface area contributed by atoms with Crippen LogP contribution in [0.3, 0.4) is 0 Å². The molecule has 3 aliphatic heterocycles. The molecule has 0 unspecified atom stereocenters. The largest absolute Gasteiger partial charge is 0.337 e. The van der Waals surface area contributed by atoms with Crippen LogP contribution >= 0.6 is 23.2 Å². The molecule has 5 rings (SSSR count). The molecule has 7 heteroatoms. The number of hydrogen-bond donors (Lipinski definition) is 2. The molecule has 0 saturated carbocycles. The molecule has 3 saturated heterocycles. The average Bonchev–Trinajstić information content (AvgIpc) is 2.62. The highest BCUT2D eigenvalue weighted by Crippen LogP contribution is 2.41. The highest BCUT2D eigenvalue weighted by molar-refractivity contribution is 6.42. The fraction of sp³-hybridized carbons (Fsp3) is 0.474. The summed E-state index contributed by atoms with van der Waals surface area (Å²) in [7, 11) is 0. The lowest BCUT2D eigenvalue weighted by Crippen LogP contribution is -2.57. The summed E-state index contributed by atoms with van der Waals surface area (Å²) in [6.07, 6.45) is 4.15. The van der Waals surface area contributed by atoms with E-state index in [2.05, 4.69) is 27.4 Å². The molecule has 2 amide bonds. The van der Waals surface area contributed by atoms with Gasteiger partial charge in [0, 0.05) is 30.1 Å². The van der Waals surface area contributed by atoms with Gasteiger partial charge < -0.3 is 10.2 Å². The van der Waals surface area contributed by atoms with Gasteiger partial charge in [0.15, 0.2) is 0 Å². The molecule has 4 heterocycles. The molecule has 26 heavy (non-hydrogen) atoms. The van der Waals surface area contributed by atoms with Crippen LogP contribution in [0.1, 0.15) is 19.8 Å². The van der Waals surface area contributed by atoms with Gasteiger partial charge in [-0.15, -0.1) is 0 Å². The van der Waals surface area contributed by atoms with Crippen molar-refractivity contribution in [2.75, 3.05) is 31.5 Å². The summed E-state index contributed by atoms with van der Waals surface area (Å²) in [5.41, 5.74) is 0.148. The van der Waals surface area contributed by atoms with Gasteiger partial charge in [-0.05, 0) is 55.4 Å². The van der Waals surface area contributed by atoms with Crippen molar-refractivity contribution in [1.82, 2.24) is 15.2 Å². The first-order chi connectivity index (χ1) is 12.4. The maximum absolute atomic E-state index is 12.3. The maximum atomic E-state index is 12.3. The van der Waals surface area contributed by atoms with Crippen LogP contribution in [-0.4, -0.2) is 42.1 Å². The topological polar surface area (TPSA) is 57.3 Å². The number of aromatic nitrogens is 1. The van der Waals surface area contributed by atoms with Gasteiger partial charge in [-0.2, -0.15) is 0 Å². The molecule has 0 spiro atoms. The van der Waals surface area contributed by atoms with Crippen LogP contribution in [0, 0.1) is 11.3 Å². The summed E-state index contributed by atoms with van der Waals surface area (Å²) in [4.78, 5) is 19.1. The minimum atomic E-state index is -0.227. The van der Waals surface area contributed by atoms with Gasteiger partial charge in [-0.25, -0.2) is 9.78 Å². The number of halogens is 2. The third kappa shape index (κ3) is 3.48. The number of fused-ring (bicyclic) bond motifs is 4. The van der Waals surface area contributed by atoms with E-state index in [1.54, 1.807) is 24.4 Å². The Hall–Kier alpha value is -1.56. The van der Waals surface area contributed by atoms with Crippen molar-refractivity contribution in [2.24, 2.45) is 11.3 Å². The van der Waals surface area contributed by atoms with Crippen LogP contribution in [0.2, 0.25) is 10.0 Å². The first-order valence-corrected chi connectivity index (χ1v) is 9.71. The van der Waals surface area contributed by atoms with Gasteiger partial charge in [-0.3, -0.25) is 5.32 Å². The van der Waals surface area contributed by atoms with Gasteiger partial charge in [0.05, 0.1) is 10.0 Å². The molecule has 1 aromatic heterocycles. The van der Waals surface area contributed by atoms with Crippen LogP contribution in [-0.2, 0) is 0 Å². The molecule has 138 valence electrons. The van der Waals surface area contributed by atoms with Crippen LogP contribution in [0.5, 0.6) is 0 Å². The molecular formula is C19H22Cl2N4O. The van der Waals surface area contributed by atoms with E-state index in [1.165, 1.54) is 25.9 Å². The van der Waals surface area contributed by atoms with E-state index in [-0.39, 0.29) is 11.4 Å². The number of nitrogens with one attached hydrogen (secondary N) is 2. The third-order valence-corrected chi connectivity index (χ3v) is 6.54. The lowest BCUT2D eigenvalue weighted by atomic mass is 9.68. The van der Waals surface area contributed by atoms with Crippen LogP contribution < -0.4 is 10.6 Å². The summed E-state index contributed by atoms with van der Waals surface area (Å²) in [5, 5.41) is 8.59. The summed E-state index contributed by atoms with van der Waals surface area (Å²) < 4.78 is 0. The molecule has 0 radical (unpaired) electrons. The first-order valence-electron chi connectivity index (χ1n) is 8.95. The number of nitrogens with zero attached hydrogens (tertiary/aromatic N) is 2. The number of carbonyl (C=O) groups excluding carboxylic acids is 1. The van der Waals surface area contributed by atoms with Gasteiger partial charge in [-0.1, -0.05) is 30.1 Å². The van der Waals surface area contributed by atoms with E-state index >= 15 is 0 Å². The van der Waals surface area contributed by atoms with Crippen LogP contribution in [0.25, 0.3) is 10.8 Å². The minimum Gasteiger partial charge on any atom is -0.337 e. The zero-order valence-electron chi connectivity index (χ0n) is 14.7. The molecule has 2 bridgehead atoms. The molecule has 5 nitrogen and oxygen atoms in total. The number of rotatable bonds is 3. The van der Waals surface area contributed by atoms with Gasteiger partial charge in [0.2, 0.25) is 0 Å². The van der Waals surface area contributed by atoms with Gasteiger partial charge in [0.25, 0.3) is 0 Å². The average molecular weight is 393 g/mol. The Bertz CT molecular complexity index is 851. The summed E-state index contributed by atoms with van der Waals surface area (Å²) in [6.45, 7) is 6.41. The number of amides is 2.